The molecule has 2 rings (SSSR count). The van der Waals surface area contributed by atoms with Gasteiger partial charge in [-0.05, 0) is 58.0 Å². The largest absolute Gasteiger partial charge is 0.466 e. The van der Waals surface area contributed by atoms with Gasteiger partial charge in [0.25, 0.3) is 5.91 Å². The van der Waals surface area contributed by atoms with Gasteiger partial charge < -0.3 is 19.4 Å². The number of benzene rings is 1. The van der Waals surface area contributed by atoms with Crippen LogP contribution in [0.3, 0.4) is 0 Å². The van der Waals surface area contributed by atoms with Gasteiger partial charge in [0.1, 0.15) is 17.1 Å². The fourth-order valence-electron chi connectivity index (χ4n) is 2.58. The first-order chi connectivity index (χ1) is 11.9. The molecule has 1 amide bonds. The normalized spacial score (nSPS) is 10.4. The van der Waals surface area contributed by atoms with Gasteiger partial charge in [-0.2, -0.15) is 0 Å². The minimum Gasteiger partial charge on any atom is -0.466 e. The van der Waals surface area contributed by atoms with Gasteiger partial charge in [-0.3, -0.25) is 4.79 Å². The summed E-state index contributed by atoms with van der Waals surface area (Å²) in [5.41, 5.74) is 2.10. The summed E-state index contributed by atoms with van der Waals surface area (Å²) in [6.45, 7) is 9.11. The number of carbonyl (C=O) groups excluding carboxylic acids is 2. The number of esters is 1. The van der Waals surface area contributed by atoms with Crippen LogP contribution in [0, 0.1) is 13.8 Å². The van der Waals surface area contributed by atoms with E-state index < -0.39 is 5.97 Å². The molecule has 134 valence electrons. The lowest BCUT2D eigenvalue weighted by atomic mass is 10.2. The number of nitrogens with one attached hydrogen (secondary N) is 1. The van der Waals surface area contributed by atoms with Gasteiger partial charge in [-0.25, -0.2) is 4.79 Å². The van der Waals surface area contributed by atoms with E-state index in [0.29, 0.717) is 22.8 Å². The minimum atomic E-state index is -0.568. The minimum absolute atomic E-state index is 0.342. The molecule has 0 spiro atoms. The molecule has 0 unspecified atom stereocenters. The van der Waals surface area contributed by atoms with Gasteiger partial charge in [0.15, 0.2) is 6.61 Å². The molecule has 6 nitrogen and oxygen atoms in total. The van der Waals surface area contributed by atoms with E-state index in [1.807, 2.05) is 24.3 Å². The molecule has 0 saturated carbocycles. The number of ether oxygens (including phenoxy) is 1. The number of rotatable bonds is 7. The monoisotopic (exact) mass is 344 g/mol. The Bertz CT molecular complexity index is 730. The Morgan fingerprint density at radius 1 is 1.12 bits per heavy atom. The quantitative estimate of drug-likeness (QED) is 0.778. The second-order valence-corrected chi connectivity index (χ2v) is 5.67. The molecule has 25 heavy (non-hydrogen) atoms. The van der Waals surface area contributed by atoms with E-state index in [-0.39, 0.29) is 12.5 Å². The van der Waals surface area contributed by atoms with Crippen molar-refractivity contribution in [2.24, 2.45) is 0 Å². The summed E-state index contributed by atoms with van der Waals surface area (Å²) in [5, 5.41) is 2.71. The SMILES string of the molecule is CCN(CC)c1ccc(NC(=O)COC(=O)c2cc(C)oc2C)cc1. The van der Waals surface area contributed by atoms with E-state index in [1.54, 1.807) is 19.9 Å². The molecule has 1 aromatic carbocycles. The van der Waals surface area contributed by atoms with Gasteiger partial charge in [-0.1, -0.05) is 0 Å². The Morgan fingerprint density at radius 3 is 2.28 bits per heavy atom. The summed E-state index contributed by atoms with van der Waals surface area (Å²) in [6, 6.07) is 9.16. The molecule has 0 radical (unpaired) electrons. The average Bonchev–Trinajstić information content (AvgIpc) is 2.94. The first kappa shape index (κ1) is 18.6. The van der Waals surface area contributed by atoms with Crippen LogP contribution >= 0.6 is 0 Å². The van der Waals surface area contributed by atoms with Crippen molar-refractivity contribution in [3.8, 4) is 0 Å². The lowest BCUT2D eigenvalue weighted by molar-refractivity contribution is -0.119. The number of aryl methyl sites for hydroxylation is 2. The zero-order chi connectivity index (χ0) is 18.4. The van der Waals surface area contributed by atoms with Gasteiger partial charge in [0.05, 0.1) is 0 Å². The van der Waals surface area contributed by atoms with E-state index in [2.05, 4.69) is 24.1 Å². The second kappa shape index (κ2) is 8.37. The zero-order valence-corrected chi connectivity index (χ0v) is 15.1. The molecular weight excluding hydrogens is 320 g/mol. The first-order valence-electron chi connectivity index (χ1n) is 8.33. The molecule has 1 aromatic heterocycles. The molecule has 0 fully saturated rings. The maximum Gasteiger partial charge on any atom is 0.342 e. The van der Waals surface area contributed by atoms with Gasteiger partial charge >= 0.3 is 5.97 Å². The van der Waals surface area contributed by atoms with Crippen molar-refractivity contribution in [3.63, 3.8) is 0 Å². The van der Waals surface area contributed by atoms with Crippen LogP contribution in [0.15, 0.2) is 34.7 Å². The fraction of sp³-hybridized carbons (Fsp3) is 0.368. The van der Waals surface area contributed by atoms with E-state index in [4.69, 9.17) is 9.15 Å². The Kier molecular flexibility index (Phi) is 6.22. The number of anilines is 2. The highest BCUT2D eigenvalue weighted by Gasteiger charge is 2.16. The summed E-state index contributed by atoms with van der Waals surface area (Å²) in [6.07, 6.45) is 0. The Balaban J connectivity index is 1.88. The van der Waals surface area contributed by atoms with Crippen LogP contribution in [0.1, 0.15) is 35.7 Å². The summed E-state index contributed by atoms with van der Waals surface area (Å²) < 4.78 is 10.3. The maximum atomic E-state index is 12.0. The highest BCUT2D eigenvalue weighted by Crippen LogP contribution is 2.18. The lowest BCUT2D eigenvalue weighted by Gasteiger charge is -2.21. The predicted molar refractivity (Wildman–Crippen MR) is 97.1 cm³/mol. The maximum absolute atomic E-state index is 12.0. The second-order valence-electron chi connectivity index (χ2n) is 5.67. The third-order valence-corrected chi connectivity index (χ3v) is 3.87. The third kappa shape index (κ3) is 4.86. The summed E-state index contributed by atoms with van der Waals surface area (Å²) in [5.74, 6) is 0.153. The molecule has 0 aliphatic carbocycles. The van der Waals surface area contributed by atoms with Crippen LogP contribution in [0.25, 0.3) is 0 Å². The summed E-state index contributed by atoms with van der Waals surface area (Å²) in [7, 11) is 0. The van der Waals surface area contributed by atoms with E-state index >= 15 is 0 Å². The van der Waals surface area contributed by atoms with Crippen molar-refractivity contribution in [1.29, 1.82) is 0 Å². The third-order valence-electron chi connectivity index (χ3n) is 3.87. The van der Waals surface area contributed by atoms with Crippen molar-refractivity contribution < 1.29 is 18.7 Å². The predicted octanol–water partition coefficient (Wildman–Crippen LogP) is 3.54. The van der Waals surface area contributed by atoms with Crippen LogP contribution in [-0.4, -0.2) is 31.6 Å². The van der Waals surface area contributed by atoms with Crippen molar-refractivity contribution in [1.82, 2.24) is 0 Å². The summed E-state index contributed by atoms with van der Waals surface area (Å²) in [4.78, 5) is 26.1. The molecule has 6 heteroatoms. The first-order valence-corrected chi connectivity index (χ1v) is 8.33. The van der Waals surface area contributed by atoms with Crippen LogP contribution in [0.5, 0.6) is 0 Å². The van der Waals surface area contributed by atoms with Gasteiger partial charge in [0, 0.05) is 24.5 Å². The number of nitrogens with zero attached hydrogens (tertiary/aromatic N) is 1. The van der Waals surface area contributed by atoms with Crippen LogP contribution in [0.4, 0.5) is 11.4 Å². The zero-order valence-electron chi connectivity index (χ0n) is 15.1. The Hall–Kier alpha value is -2.76. The highest BCUT2D eigenvalue weighted by molar-refractivity contribution is 5.96. The van der Waals surface area contributed by atoms with E-state index in [0.717, 1.165) is 18.8 Å². The van der Waals surface area contributed by atoms with Gasteiger partial charge in [0.2, 0.25) is 0 Å². The lowest BCUT2D eigenvalue weighted by Crippen LogP contribution is -2.22. The molecule has 0 bridgehead atoms. The van der Waals surface area contributed by atoms with E-state index in [9.17, 15) is 9.59 Å². The molecule has 1 heterocycles. The van der Waals surface area contributed by atoms with Crippen molar-refractivity contribution in [2.45, 2.75) is 27.7 Å². The average molecular weight is 344 g/mol. The Morgan fingerprint density at radius 2 is 1.76 bits per heavy atom. The smallest absolute Gasteiger partial charge is 0.342 e. The van der Waals surface area contributed by atoms with Gasteiger partial charge in [-0.15, -0.1) is 0 Å². The highest BCUT2D eigenvalue weighted by atomic mass is 16.5. The van der Waals surface area contributed by atoms with Crippen molar-refractivity contribution >= 4 is 23.3 Å². The molecule has 0 saturated heterocycles. The van der Waals surface area contributed by atoms with E-state index in [1.165, 1.54) is 0 Å². The van der Waals surface area contributed by atoms with Crippen molar-refractivity contribution in [3.05, 3.63) is 47.4 Å². The number of furan rings is 1. The molecule has 0 aliphatic rings. The van der Waals surface area contributed by atoms with Crippen LogP contribution in [-0.2, 0) is 9.53 Å². The molecule has 0 atom stereocenters. The number of amides is 1. The fourth-order valence-corrected chi connectivity index (χ4v) is 2.58. The van der Waals surface area contributed by atoms with Crippen LogP contribution in [0.2, 0.25) is 0 Å². The van der Waals surface area contributed by atoms with Crippen LogP contribution < -0.4 is 10.2 Å². The number of hydrogen-bond donors (Lipinski definition) is 1. The number of carbonyl (C=O) groups is 2. The number of hydrogen-bond acceptors (Lipinski definition) is 5. The summed E-state index contributed by atoms with van der Waals surface area (Å²) >= 11 is 0. The topological polar surface area (TPSA) is 71.8 Å². The molecule has 1 N–H and O–H groups in total. The van der Waals surface area contributed by atoms with Crippen molar-refractivity contribution in [2.75, 3.05) is 29.9 Å². The Labute approximate surface area is 147 Å². The molecule has 2 aromatic rings. The molecule has 0 aliphatic heterocycles. The standard InChI is InChI=1S/C19H24N2O4/c1-5-21(6-2)16-9-7-15(8-10-16)20-18(22)12-24-19(23)17-11-13(3)25-14(17)4/h7-11H,5-6,12H2,1-4H3,(H,20,22). The molecular formula is C19H24N2O4.